The van der Waals surface area contributed by atoms with Crippen LogP contribution in [-0.4, -0.2) is 13.0 Å². The van der Waals surface area contributed by atoms with Gasteiger partial charge in [-0.2, -0.15) is 13.7 Å². The summed E-state index contributed by atoms with van der Waals surface area (Å²) in [6.45, 7) is 1.84. The Morgan fingerprint density at radius 2 is 1.68 bits per heavy atom. The molecule has 0 radical (unpaired) electrons. The van der Waals surface area contributed by atoms with Gasteiger partial charge in [0.05, 0.1) is 4.90 Å². The fourth-order valence-electron chi connectivity index (χ4n) is 1.58. The lowest BCUT2D eigenvalue weighted by molar-refractivity contribution is 0.483. The second kappa shape index (κ2) is 9.74. The lowest BCUT2D eigenvalue weighted by Crippen LogP contribution is -2.05. The molecule has 132 valence electrons. The molecule has 0 aliphatic rings. The molecule has 0 saturated heterocycles. The molecule has 8 heteroatoms. The van der Waals surface area contributed by atoms with E-state index in [1.54, 1.807) is 12.1 Å². The molecule has 0 spiro atoms. The first-order valence-corrected chi connectivity index (χ1v) is 9.53. The highest BCUT2D eigenvalue weighted by molar-refractivity contribution is 8.02. The number of nitrogens with zero attached hydrogens (tertiary/aromatic N) is 1. The first-order valence-electron chi connectivity index (χ1n) is 7.10. The topological polar surface area (TPSA) is 130 Å². The van der Waals surface area contributed by atoms with Crippen LogP contribution in [0.2, 0.25) is 0 Å². The Morgan fingerprint density at radius 3 is 2.16 bits per heavy atom. The second-order valence-corrected chi connectivity index (χ2v) is 7.39. The highest BCUT2D eigenvalue weighted by Gasteiger charge is 2.06. The molecule has 25 heavy (non-hydrogen) atoms. The van der Waals surface area contributed by atoms with Crippen LogP contribution in [0.5, 0.6) is 0 Å². The smallest absolute Gasteiger partial charge is 0.294 e. The van der Waals surface area contributed by atoms with Gasteiger partial charge in [0.15, 0.2) is 0 Å². The van der Waals surface area contributed by atoms with E-state index in [2.05, 4.69) is 0 Å². The lowest BCUT2D eigenvalue weighted by Gasteiger charge is -2.01. The van der Waals surface area contributed by atoms with Crippen LogP contribution in [0.3, 0.4) is 0 Å². The quantitative estimate of drug-likeness (QED) is 0.551. The van der Waals surface area contributed by atoms with Crippen molar-refractivity contribution in [2.45, 2.75) is 17.6 Å². The summed E-state index contributed by atoms with van der Waals surface area (Å²) in [5.74, 6) is 0.731. The number of rotatable bonds is 4. The molecule has 0 aliphatic heterocycles. The van der Waals surface area contributed by atoms with Crippen molar-refractivity contribution < 1.29 is 13.0 Å². The van der Waals surface area contributed by atoms with Gasteiger partial charge in [0.25, 0.3) is 10.1 Å². The Hall–Kier alpha value is -2.47. The van der Waals surface area contributed by atoms with Crippen LogP contribution in [0, 0.1) is 18.3 Å². The van der Waals surface area contributed by atoms with E-state index in [-0.39, 0.29) is 10.6 Å². The molecule has 0 aliphatic carbocycles. The van der Waals surface area contributed by atoms with Crippen molar-refractivity contribution >= 4 is 21.9 Å². The summed E-state index contributed by atoms with van der Waals surface area (Å²) in [6, 6.07) is 17.7. The third kappa shape index (κ3) is 7.76. The molecule has 2 aromatic rings. The number of hydrogen-bond donors (Lipinski definition) is 3. The molecule has 0 amide bonds. The molecule has 0 heterocycles. The molecule has 0 aromatic heterocycles. The molecule has 0 bridgehead atoms. The maximum atomic E-state index is 10.5. The minimum atomic E-state index is -4.02. The van der Waals surface area contributed by atoms with Gasteiger partial charge < -0.3 is 11.5 Å². The predicted octanol–water partition coefficient (Wildman–Crippen LogP) is 2.77. The summed E-state index contributed by atoms with van der Waals surface area (Å²) in [7, 11) is -4.02. The van der Waals surface area contributed by atoms with Gasteiger partial charge in [-0.15, -0.1) is 11.8 Å². The largest absolute Gasteiger partial charge is 0.391 e. The third-order valence-corrected chi connectivity index (χ3v) is 4.82. The predicted molar refractivity (Wildman–Crippen MR) is 99.7 cm³/mol. The number of hydrogen-bond acceptors (Lipinski definition) is 6. The SMILES string of the molecule is Cc1ccc(S(=O)(=O)O)cc1.N#CC(N)=C(N)SCc1ccccc1. The molecule has 0 atom stereocenters. The molecule has 0 unspecified atom stereocenters. The van der Waals surface area contributed by atoms with Crippen LogP contribution in [0.1, 0.15) is 11.1 Å². The van der Waals surface area contributed by atoms with Crippen molar-refractivity contribution in [3.8, 4) is 6.07 Å². The number of nitrogens with two attached hydrogens (primary N) is 2. The Morgan fingerprint density at radius 1 is 1.12 bits per heavy atom. The maximum absolute atomic E-state index is 10.5. The summed E-state index contributed by atoms with van der Waals surface area (Å²) in [5, 5.41) is 8.86. The number of allylic oxidation sites excluding steroid dienone is 1. The third-order valence-electron chi connectivity index (χ3n) is 2.94. The highest BCUT2D eigenvalue weighted by Crippen LogP contribution is 2.18. The van der Waals surface area contributed by atoms with Gasteiger partial charge >= 0.3 is 0 Å². The van der Waals surface area contributed by atoms with E-state index in [1.807, 2.05) is 43.3 Å². The van der Waals surface area contributed by atoms with Crippen molar-refractivity contribution in [2.24, 2.45) is 11.5 Å². The minimum Gasteiger partial charge on any atom is -0.391 e. The molecule has 0 saturated carbocycles. The zero-order valence-electron chi connectivity index (χ0n) is 13.6. The highest BCUT2D eigenvalue weighted by atomic mass is 32.2. The van der Waals surface area contributed by atoms with Crippen LogP contribution in [0.15, 0.2) is 70.2 Å². The van der Waals surface area contributed by atoms with Crippen LogP contribution in [0.4, 0.5) is 0 Å². The van der Waals surface area contributed by atoms with Crippen molar-refractivity contribution in [3.05, 3.63) is 76.5 Å². The summed E-state index contributed by atoms with van der Waals surface area (Å²) >= 11 is 1.37. The van der Waals surface area contributed by atoms with Gasteiger partial charge in [-0.25, -0.2) is 0 Å². The second-order valence-electron chi connectivity index (χ2n) is 4.95. The van der Waals surface area contributed by atoms with Gasteiger partial charge in [0.1, 0.15) is 16.8 Å². The van der Waals surface area contributed by atoms with E-state index >= 15 is 0 Å². The van der Waals surface area contributed by atoms with Crippen LogP contribution >= 0.6 is 11.8 Å². The number of nitriles is 1. The molecular formula is C17H19N3O3S2. The molecule has 6 nitrogen and oxygen atoms in total. The fourth-order valence-corrected chi connectivity index (χ4v) is 2.77. The zero-order chi connectivity index (χ0) is 18.9. The molecule has 0 fully saturated rings. The minimum absolute atomic E-state index is 0.0666. The number of thioether (sulfide) groups is 1. The van der Waals surface area contributed by atoms with Crippen LogP contribution in [0.25, 0.3) is 0 Å². The first-order chi connectivity index (χ1) is 11.7. The lowest BCUT2D eigenvalue weighted by atomic mass is 10.2. The fraction of sp³-hybridized carbons (Fsp3) is 0.118. The average molecular weight is 377 g/mol. The van der Waals surface area contributed by atoms with Gasteiger partial charge in [-0.1, -0.05) is 48.0 Å². The summed E-state index contributed by atoms with van der Waals surface area (Å²) < 4.78 is 29.6. The Balaban J connectivity index is 0.000000257. The van der Waals surface area contributed by atoms with Crippen molar-refractivity contribution in [1.29, 1.82) is 5.26 Å². The molecule has 2 aromatic carbocycles. The number of benzene rings is 2. The molecule has 2 rings (SSSR count). The van der Waals surface area contributed by atoms with E-state index in [4.69, 9.17) is 21.3 Å². The standard InChI is InChI=1S/C10H11N3S.C7H8O3S/c11-6-9(12)10(13)14-7-8-4-2-1-3-5-8;1-6-2-4-7(5-3-6)11(8,9)10/h1-5H,7,12-13H2;2-5H,1H3,(H,8,9,10). The Bertz CT molecular complexity index is 856. The summed E-state index contributed by atoms with van der Waals surface area (Å²) in [5.41, 5.74) is 13.1. The van der Waals surface area contributed by atoms with E-state index < -0.39 is 10.1 Å². The average Bonchev–Trinajstić information content (AvgIpc) is 2.60. The van der Waals surface area contributed by atoms with Crippen LogP contribution in [-0.2, 0) is 15.9 Å². The summed E-state index contributed by atoms with van der Waals surface area (Å²) in [6.07, 6.45) is 0. The van der Waals surface area contributed by atoms with Gasteiger partial charge in [-0.3, -0.25) is 4.55 Å². The van der Waals surface area contributed by atoms with E-state index in [0.717, 1.165) is 16.9 Å². The van der Waals surface area contributed by atoms with Crippen molar-refractivity contribution in [3.63, 3.8) is 0 Å². The number of aryl methyl sites for hydroxylation is 1. The zero-order valence-corrected chi connectivity index (χ0v) is 15.2. The Labute approximate surface area is 151 Å². The Kier molecular flexibility index (Phi) is 8.01. The van der Waals surface area contributed by atoms with Gasteiger partial charge in [0.2, 0.25) is 0 Å². The first kappa shape index (κ1) is 20.6. The van der Waals surface area contributed by atoms with Crippen molar-refractivity contribution in [1.82, 2.24) is 0 Å². The monoisotopic (exact) mass is 377 g/mol. The van der Waals surface area contributed by atoms with Gasteiger partial charge in [0, 0.05) is 5.75 Å². The van der Waals surface area contributed by atoms with Gasteiger partial charge in [-0.05, 0) is 24.6 Å². The van der Waals surface area contributed by atoms with Crippen molar-refractivity contribution in [2.75, 3.05) is 0 Å². The normalized spacial score (nSPS) is 11.6. The van der Waals surface area contributed by atoms with E-state index in [1.165, 1.54) is 23.9 Å². The summed E-state index contributed by atoms with van der Waals surface area (Å²) in [4.78, 5) is -0.0666. The van der Waals surface area contributed by atoms with E-state index in [0.29, 0.717) is 5.03 Å². The molecular weight excluding hydrogens is 358 g/mol. The van der Waals surface area contributed by atoms with Crippen LogP contribution < -0.4 is 11.5 Å². The maximum Gasteiger partial charge on any atom is 0.294 e. The van der Waals surface area contributed by atoms with E-state index in [9.17, 15) is 8.42 Å². The molecule has 5 N–H and O–H groups in total.